The molecule has 0 amide bonds. The van der Waals surface area contributed by atoms with Crippen molar-refractivity contribution in [2.24, 2.45) is 0 Å². The van der Waals surface area contributed by atoms with Crippen molar-refractivity contribution in [2.45, 2.75) is 33.1 Å². The van der Waals surface area contributed by atoms with Gasteiger partial charge in [-0.3, -0.25) is 9.59 Å². The molecule has 3 aromatic rings. The van der Waals surface area contributed by atoms with Crippen molar-refractivity contribution >= 4 is 16.9 Å². The first-order chi connectivity index (χ1) is 12.1. The summed E-state index contributed by atoms with van der Waals surface area (Å²) in [6, 6.07) is 12.9. The number of esters is 1. The molecule has 0 spiro atoms. The van der Waals surface area contributed by atoms with E-state index in [1.807, 2.05) is 30.3 Å². The average molecular weight is 336 g/mol. The van der Waals surface area contributed by atoms with Crippen LogP contribution in [0.4, 0.5) is 0 Å². The zero-order chi connectivity index (χ0) is 17.8. The van der Waals surface area contributed by atoms with Gasteiger partial charge in [0.15, 0.2) is 0 Å². The molecule has 4 nitrogen and oxygen atoms in total. The van der Waals surface area contributed by atoms with Crippen molar-refractivity contribution in [2.75, 3.05) is 0 Å². The van der Waals surface area contributed by atoms with Crippen molar-refractivity contribution in [3.8, 4) is 16.9 Å². The smallest absolute Gasteiger partial charge is 0.308 e. The SMILES string of the molecule is CCCCc1cc2c(=O)c(-c3ccccc3)coc2cc1OC(C)=O. The van der Waals surface area contributed by atoms with Crippen LogP contribution in [0.3, 0.4) is 0 Å². The fraction of sp³-hybridized carbons (Fsp3) is 0.238. The summed E-state index contributed by atoms with van der Waals surface area (Å²) in [7, 11) is 0. The first-order valence-corrected chi connectivity index (χ1v) is 8.42. The summed E-state index contributed by atoms with van der Waals surface area (Å²) in [5, 5.41) is 0.503. The van der Waals surface area contributed by atoms with Crippen LogP contribution in [0.5, 0.6) is 5.75 Å². The predicted molar refractivity (Wildman–Crippen MR) is 97.8 cm³/mol. The highest BCUT2D eigenvalue weighted by Gasteiger charge is 2.14. The van der Waals surface area contributed by atoms with Crippen LogP contribution in [-0.4, -0.2) is 5.97 Å². The molecule has 0 aliphatic rings. The number of rotatable bonds is 5. The Morgan fingerprint density at radius 3 is 2.60 bits per heavy atom. The first kappa shape index (κ1) is 17.0. The number of hydrogen-bond acceptors (Lipinski definition) is 4. The minimum absolute atomic E-state index is 0.0837. The fourth-order valence-corrected chi connectivity index (χ4v) is 2.83. The van der Waals surface area contributed by atoms with Gasteiger partial charge in [-0.25, -0.2) is 0 Å². The lowest BCUT2D eigenvalue weighted by Gasteiger charge is -2.11. The molecule has 128 valence electrons. The van der Waals surface area contributed by atoms with Crippen LogP contribution < -0.4 is 10.2 Å². The van der Waals surface area contributed by atoms with Crippen LogP contribution in [0.1, 0.15) is 32.3 Å². The maximum atomic E-state index is 12.9. The highest BCUT2D eigenvalue weighted by atomic mass is 16.5. The second-order valence-electron chi connectivity index (χ2n) is 6.00. The monoisotopic (exact) mass is 336 g/mol. The van der Waals surface area contributed by atoms with E-state index in [0.29, 0.717) is 22.3 Å². The van der Waals surface area contributed by atoms with E-state index in [1.54, 1.807) is 12.1 Å². The largest absolute Gasteiger partial charge is 0.463 e. The number of carbonyl (C=O) groups is 1. The number of benzene rings is 2. The highest BCUT2D eigenvalue weighted by molar-refractivity contribution is 5.84. The van der Waals surface area contributed by atoms with E-state index in [4.69, 9.17) is 9.15 Å². The predicted octanol–water partition coefficient (Wildman–Crippen LogP) is 4.73. The number of hydrogen-bond donors (Lipinski definition) is 0. The molecular formula is C21H20O4. The number of aryl methyl sites for hydroxylation is 1. The Bertz CT molecular complexity index is 955. The summed E-state index contributed by atoms with van der Waals surface area (Å²) in [5.74, 6) is 0.0735. The lowest BCUT2D eigenvalue weighted by atomic mass is 10.0. The van der Waals surface area contributed by atoms with Gasteiger partial charge in [-0.05, 0) is 30.0 Å². The van der Waals surface area contributed by atoms with Gasteiger partial charge >= 0.3 is 5.97 Å². The molecule has 0 fully saturated rings. The normalized spacial score (nSPS) is 10.8. The standard InChI is InChI=1S/C21H20O4/c1-3-4-8-16-11-17-20(12-19(16)25-14(2)22)24-13-18(21(17)23)15-9-6-5-7-10-15/h5-7,9-13H,3-4,8H2,1-2H3. The summed E-state index contributed by atoms with van der Waals surface area (Å²) in [6.45, 7) is 3.46. The zero-order valence-electron chi connectivity index (χ0n) is 14.4. The molecule has 0 unspecified atom stereocenters. The van der Waals surface area contributed by atoms with E-state index in [-0.39, 0.29) is 11.4 Å². The highest BCUT2D eigenvalue weighted by Crippen LogP contribution is 2.28. The molecule has 1 heterocycles. The van der Waals surface area contributed by atoms with Crippen LogP contribution in [0, 0.1) is 0 Å². The molecule has 2 aromatic carbocycles. The first-order valence-electron chi connectivity index (χ1n) is 8.42. The van der Waals surface area contributed by atoms with Gasteiger partial charge < -0.3 is 9.15 Å². The summed E-state index contributed by atoms with van der Waals surface area (Å²) >= 11 is 0. The summed E-state index contributed by atoms with van der Waals surface area (Å²) < 4.78 is 11.0. The van der Waals surface area contributed by atoms with Crippen LogP contribution in [0.15, 0.2) is 57.9 Å². The van der Waals surface area contributed by atoms with Crippen molar-refractivity contribution in [1.82, 2.24) is 0 Å². The van der Waals surface area contributed by atoms with Crippen LogP contribution >= 0.6 is 0 Å². The second-order valence-corrected chi connectivity index (χ2v) is 6.00. The van der Waals surface area contributed by atoms with Gasteiger partial charge in [0.25, 0.3) is 0 Å². The summed E-state index contributed by atoms with van der Waals surface area (Å²) in [4.78, 5) is 24.3. The minimum Gasteiger partial charge on any atom is -0.463 e. The van der Waals surface area contributed by atoms with Gasteiger partial charge in [0.1, 0.15) is 17.6 Å². The molecule has 25 heavy (non-hydrogen) atoms. The van der Waals surface area contributed by atoms with Crippen molar-refractivity contribution < 1.29 is 13.9 Å². The van der Waals surface area contributed by atoms with Gasteiger partial charge in [0, 0.05) is 13.0 Å². The molecule has 0 saturated heterocycles. The van der Waals surface area contributed by atoms with E-state index < -0.39 is 0 Å². The number of ether oxygens (including phenoxy) is 1. The second kappa shape index (κ2) is 7.34. The van der Waals surface area contributed by atoms with Gasteiger partial charge in [-0.15, -0.1) is 0 Å². The minimum atomic E-state index is -0.389. The van der Waals surface area contributed by atoms with Crippen molar-refractivity contribution in [3.63, 3.8) is 0 Å². The maximum Gasteiger partial charge on any atom is 0.308 e. The Balaban J connectivity index is 2.17. The molecule has 0 atom stereocenters. The third-order valence-corrected chi connectivity index (χ3v) is 4.09. The molecule has 0 radical (unpaired) electrons. The van der Waals surface area contributed by atoms with Gasteiger partial charge in [0.05, 0.1) is 10.9 Å². The molecule has 0 N–H and O–H groups in total. The molecule has 0 bridgehead atoms. The van der Waals surface area contributed by atoms with Crippen molar-refractivity contribution in [1.29, 1.82) is 0 Å². The molecule has 1 aromatic heterocycles. The van der Waals surface area contributed by atoms with Gasteiger partial charge in [-0.2, -0.15) is 0 Å². The average Bonchev–Trinajstić information content (AvgIpc) is 2.61. The van der Waals surface area contributed by atoms with Crippen molar-refractivity contribution in [3.05, 3.63) is 64.5 Å². The third kappa shape index (κ3) is 3.63. The summed E-state index contributed by atoms with van der Waals surface area (Å²) in [6.07, 6.45) is 4.16. The van der Waals surface area contributed by atoms with Crippen LogP contribution in [0.25, 0.3) is 22.1 Å². The lowest BCUT2D eigenvalue weighted by molar-refractivity contribution is -0.131. The molecule has 0 saturated carbocycles. The topological polar surface area (TPSA) is 56.5 Å². The Hall–Kier alpha value is -2.88. The number of fused-ring (bicyclic) bond motifs is 1. The number of carbonyl (C=O) groups excluding carboxylic acids is 1. The van der Waals surface area contributed by atoms with E-state index in [1.165, 1.54) is 13.2 Å². The van der Waals surface area contributed by atoms with Crippen LogP contribution in [0.2, 0.25) is 0 Å². The Morgan fingerprint density at radius 2 is 1.92 bits per heavy atom. The Morgan fingerprint density at radius 1 is 1.16 bits per heavy atom. The third-order valence-electron chi connectivity index (χ3n) is 4.09. The molecule has 0 aliphatic carbocycles. The fourth-order valence-electron chi connectivity index (χ4n) is 2.83. The van der Waals surface area contributed by atoms with E-state index >= 15 is 0 Å². The summed E-state index contributed by atoms with van der Waals surface area (Å²) in [5.41, 5.74) is 2.52. The van der Waals surface area contributed by atoms with Crippen LogP contribution in [-0.2, 0) is 11.2 Å². The number of unbranched alkanes of at least 4 members (excludes halogenated alkanes) is 1. The molecule has 0 aliphatic heterocycles. The zero-order valence-corrected chi connectivity index (χ0v) is 14.4. The molecular weight excluding hydrogens is 316 g/mol. The van der Waals surface area contributed by atoms with E-state index in [0.717, 1.165) is 30.4 Å². The van der Waals surface area contributed by atoms with E-state index in [9.17, 15) is 9.59 Å². The van der Waals surface area contributed by atoms with Gasteiger partial charge in [0.2, 0.25) is 5.43 Å². The molecule has 4 heteroatoms. The Kier molecular flexibility index (Phi) is 4.98. The Labute approximate surface area is 146 Å². The molecule has 3 rings (SSSR count). The quantitative estimate of drug-likeness (QED) is 0.499. The lowest BCUT2D eigenvalue weighted by Crippen LogP contribution is -2.08. The maximum absolute atomic E-state index is 12.9. The van der Waals surface area contributed by atoms with E-state index in [2.05, 4.69) is 6.92 Å². The van der Waals surface area contributed by atoms with Gasteiger partial charge in [-0.1, -0.05) is 43.7 Å².